The molecule has 4 aliphatic rings. The number of hydroxylamine groups is 2. The van der Waals surface area contributed by atoms with Crippen molar-refractivity contribution in [3.05, 3.63) is 64.5 Å². The van der Waals surface area contributed by atoms with Gasteiger partial charge in [0.1, 0.15) is 5.69 Å². The van der Waals surface area contributed by atoms with Crippen molar-refractivity contribution < 1.29 is 56.2 Å². The Morgan fingerprint density at radius 3 is 2.12 bits per heavy atom. The average molecular weight is 647 g/mol. The van der Waals surface area contributed by atoms with Gasteiger partial charge in [-0.15, -0.1) is 23.2 Å². The number of methoxy groups -OCH3 is 1. The normalized spacial score (nSPS) is 31.7. The summed E-state index contributed by atoms with van der Waals surface area (Å²) in [6.07, 6.45) is 0.620. The maximum atomic E-state index is 15.0. The Morgan fingerprint density at radius 1 is 0.907 bits per heavy atom. The summed E-state index contributed by atoms with van der Waals surface area (Å²) in [5.74, 6) is -23.3. The lowest BCUT2D eigenvalue weighted by atomic mass is 9.56. The maximum Gasteiger partial charge on any atom is 0.258 e. The smallest absolute Gasteiger partial charge is 0.258 e. The van der Waals surface area contributed by atoms with Gasteiger partial charge in [-0.3, -0.25) is 24.4 Å². The number of benzene rings is 2. The first-order chi connectivity index (χ1) is 20.1. The Labute approximate surface area is 248 Å². The van der Waals surface area contributed by atoms with Gasteiger partial charge < -0.3 is 9.84 Å². The number of amides is 4. The molecule has 2 aromatic carbocycles. The Kier molecular flexibility index (Phi) is 6.39. The molecule has 9 nitrogen and oxygen atoms in total. The number of anilines is 1. The van der Waals surface area contributed by atoms with E-state index in [4.69, 9.17) is 27.9 Å². The van der Waals surface area contributed by atoms with Gasteiger partial charge >= 0.3 is 0 Å². The summed E-state index contributed by atoms with van der Waals surface area (Å²) < 4.78 is 77.4. The van der Waals surface area contributed by atoms with Crippen LogP contribution in [0.4, 0.5) is 27.6 Å². The fourth-order valence-electron chi connectivity index (χ4n) is 6.80. The zero-order chi connectivity index (χ0) is 31.5. The van der Waals surface area contributed by atoms with Crippen LogP contribution in [0.2, 0.25) is 0 Å². The minimum Gasteiger partial charge on any atom is -0.504 e. The SMILES string of the molecule is COc1cc(C2C3=CCC4C(=O)N(O)C(=O)C4C3CC3(Cl)C(=O)N(c4c(F)c(F)c(F)c(F)c4F)C(=O)C23Cl)ccc1O. The number of nitrogens with zero attached hydrogens (tertiary/aromatic N) is 2. The number of aromatic hydroxyl groups is 1. The number of rotatable bonds is 3. The van der Waals surface area contributed by atoms with Gasteiger partial charge in [-0.05, 0) is 36.5 Å². The summed E-state index contributed by atoms with van der Waals surface area (Å²) in [5.41, 5.74) is -1.68. The van der Waals surface area contributed by atoms with E-state index in [2.05, 4.69) is 0 Å². The topological polar surface area (TPSA) is 124 Å². The van der Waals surface area contributed by atoms with Gasteiger partial charge in [0.15, 0.2) is 44.5 Å². The van der Waals surface area contributed by atoms with Gasteiger partial charge in [-0.1, -0.05) is 17.7 Å². The van der Waals surface area contributed by atoms with E-state index >= 15 is 0 Å². The molecule has 0 spiro atoms. The van der Waals surface area contributed by atoms with E-state index < -0.39 is 98.2 Å². The predicted molar refractivity (Wildman–Crippen MR) is 135 cm³/mol. The lowest BCUT2D eigenvalue weighted by Crippen LogP contribution is -2.60. The Morgan fingerprint density at radius 2 is 1.51 bits per heavy atom. The Balaban J connectivity index is 1.62. The molecule has 2 aliphatic carbocycles. The van der Waals surface area contributed by atoms with Crippen LogP contribution in [-0.2, 0) is 19.2 Å². The molecule has 3 fully saturated rings. The van der Waals surface area contributed by atoms with E-state index in [0.29, 0.717) is 0 Å². The lowest BCUT2D eigenvalue weighted by Gasteiger charge is -2.50. The molecule has 226 valence electrons. The van der Waals surface area contributed by atoms with Crippen molar-refractivity contribution in [3.8, 4) is 11.5 Å². The number of phenols is 1. The van der Waals surface area contributed by atoms with Crippen molar-refractivity contribution in [3.63, 3.8) is 0 Å². The molecule has 0 aromatic heterocycles. The maximum absolute atomic E-state index is 15.0. The molecule has 2 heterocycles. The van der Waals surface area contributed by atoms with Crippen LogP contribution < -0.4 is 9.64 Å². The number of phenolic OH excluding ortho intramolecular Hbond substituents is 1. The highest BCUT2D eigenvalue weighted by Gasteiger charge is 2.77. The zero-order valence-corrected chi connectivity index (χ0v) is 23.0. The fraction of sp³-hybridized carbons (Fsp3) is 0.333. The molecule has 6 rings (SSSR count). The number of carbonyl (C=O) groups is 4. The lowest BCUT2D eigenvalue weighted by molar-refractivity contribution is -0.173. The molecule has 1 saturated carbocycles. The highest BCUT2D eigenvalue weighted by Crippen LogP contribution is 2.66. The van der Waals surface area contributed by atoms with Crippen LogP contribution in [-0.4, -0.2) is 55.9 Å². The van der Waals surface area contributed by atoms with Crippen molar-refractivity contribution in [2.45, 2.75) is 28.5 Å². The number of ether oxygens (including phenoxy) is 1. The van der Waals surface area contributed by atoms with Crippen LogP contribution in [0.25, 0.3) is 0 Å². The molecule has 6 atom stereocenters. The fourth-order valence-corrected chi connectivity index (χ4v) is 7.73. The Hall–Kier alpha value is -3.75. The van der Waals surface area contributed by atoms with Gasteiger partial charge in [0.25, 0.3) is 23.6 Å². The molecule has 0 radical (unpaired) electrons. The molecule has 2 aliphatic heterocycles. The number of fused-ring (bicyclic) bond motifs is 4. The summed E-state index contributed by atoms with van der Waals surface area (Å²) in [6.45, 7) is 0. The van der Waals surface area contributed by atoms with E-state index in [1.165, 1.54) is 25.3 Å². The van der Waals surface area contributed by atoms with Gasteiger partial charge in [0.2, 0.25) is 5.82 Å². The number of alkyl halides is 2. The molecule has 16 heteroatoms. The van der Waals surface area contributed by atoms with E-state index in [-0.39, 0.29) is 39.0 Å². The molecule has 2 saturated heterocycles. The van der Waals surface area contributed by atoms with Crippen molar-refractivity contribution >= 4 is 52.5 Å². The van der Waals surface area contributed by atoms with Crippen LogP contribution in [0, 0.1) is 46.8 Å². The van der Waals surface area contributed by atoms with Crippen LogP contribution >= 0.6 is 23.2 Å². The Bertz CT molecular complexity index is 1690. The van der Waals surface area contributed by atoms with Crippen molar-refractivity contribution in [2.24, 2.45) is 17.8 Å². The van der Waals surface area contributed by atoms with E-state index in [1.54, 1.807) is 0 Å². The number of hydrogen-bond donors (Lipinski definition) is 2. The second-order valence-electron chi connectivity index (χ2n) is 10.6. The first-order valence-electron chi connectivity index (χ1n) is 12.5. The molecule has 43 heavy (non-hydrogen) atoms. The first kappa shape index (κ1) is 29.3. The standard InChI is InChI=1S/C27H17Cl2F5N2O7/c1-43-13-6-8(2-5-12(13)37)15-9-3-4-10-14(23(39)36(42)22(10)38)11(9)7-26(28)24(40)35(25(41)27(15,26)29)21-19(33)17(31)16(30)18(32)20(21)34/h2-3,5-6,10-11,14-15,37,42H,4,7H2,1H3. The summed E-state index contributed by atoms with van der Waals surface area (Å²) in [7, 11) is 1.20. The van der Waals surface area contributed by atoms with Crippen LogP contribution in [0.1, 0.15) is 24.3 Å². The number of hydrogen-bond acceptors (Lipinski definition) is 7. The van der Waals surface area contributed by atoms with Crippen molar-refractivity contribution in [2.75, 3.05) is 12.0 Å². The third-order valence-corrected chi connectivity index (χ3v) is 10.1. The highest BCUT2D eigenvalue weighted by molar-refractivity contribution is 6.58. The average Bonchev–Trinajstić information content (AvgIpc) is 3.29. The third kappa shape index (κ3) is 3.48. The minimum absolute atomic E-state index is 0.0436. The zero-order valence-electron chi connectivity index (χ0n) is 21.5. The molecule has 4 amide bonds. The number of carbonyl (C=O) groups excluding carboxylic acids is 4. The van der Waals surface area contributed by atoms with Crippen LogP contribution in [0.15, 0.2) is 29.8 Å². The molecular formula is C27H17Cl2F5N2O7. The number of halogens is 7. The summed E-state index contributed by atoms with van der Waals surface area (Å²) >= 11 is 13.9. The van der Waals surface area contributed by atoms with Crippen molar-refractivity contribution in [1.29, 1.82) is 0 Å². The quantitative estimate of drug-likeness (QED) is 0.0981. The highest BCUT2D eigenvalue weighted by atomic mass is 35.5. The third-order valence-electron chi connectivity index (χ3n) is 8.74. The second kappa shape index (κ2) is 9.37. The largest absolute Gasteiger partial charge is 0.504 e. The van der Waals surface area contributed by atoms with Gasteiger partial charge in [0, 0.05) is 5.92 Å². The predicted octanol–water partition coefficient (Wildman–Crippen LogP) is 4.05. The monoisotopic (exact) mass is 646 g/mol. The molecule has 6 unspecified atom stereocenters. The molecular weight excluding hydrogens is 630 g/mol. The summed E-state index contributed by atoms with van der Waals surface area (Å²) in [6, 6.07) is 3.62. The summed E-state index contributed by atoms with van der Waals surface area (Å²) in [5, 5.41) is 20.2. The second-order valence-corrected chi connectivity index (χ2v) is 11.9. The van der Waals surface area contributed by atoms with Crippen LogP contribution in [0.3, 0.4) is 0 Å². The first-order valence-corrected chi connectivity index (χ1v) is 13.3. The van der Waals surface area contributed by atoms with E-state index in [0.717, 1.165) is 6.07 Å². The summed E-state index contributed by atoms with van der Waals surface area (Å²) in [4.78, 5) is 48.0. The molecule has 0 bridgehead atoms. The number of allylic oxidation sites excluding steroid dienone is 2. The van der Waals surface area contributed by atoms with Gasteiger partial charge in [-0.25, -0.2) is 26.9 Å². The van der Waals surface area contributed by atoms with Gasteiger partial charge in [0.05, 0.1) is 18.9 Å². The van der Waals surface area contributed by atoms with E-state index in [1.807, 2.05) is 0 Å². The van der Waals surface area contributed by atoms with Gasteiger partial charge in [-0.2, -0.15) is 5.06 Å². The van der Waals surface area contributed by atoms with E-state index in [9.17, 15) is 51.4 Å². The van der Waals surface area contributed by atoms with Crippen molar-refractivity contribution in [1.82, 2.24) is 5.06 Å². The number of imide groups is 2. The minimum atomic E-state index is -2.71. The molecule has 2 aromatic rings. The molecule has 2 N–H and O–H groups in total. The van der Waals surface area contributed by atoms with Crippen LogP contribution in [0.5, 0.6) is 11.5 Å².